The van der Waals surface area contributed by atoms with Gasteiger partial charge in [0.15, 0.2) is 5.76 Å². The zero-order chi connectivity index (χ0) is 22.2. The molecule has 0 atom stereocenters. The monoisotopic (exact) mass is 429 g/mol. The van der Waals surface area contributed by atoms with E-state index in [1.54, 1.807) is 30.6 Å². The Bertz CT molecular complexity index is 1130. The van der Waals surface area contributed by atoms with E-state index >= 15 is 0 Å². The average Bonchev–Trinajstić information content (AvgIpc) is 3.29. The van der Waals surface area contributed by atoms with Crippen LogP contribution in [-0.4, -0.2) is 15.8 Å². The number of pyridine rings is 1. The molecule has 2 aromatic carbocycles. The molecule has 162 valence electrons. The van der Waals surface area contributed by atoms with Crippen molar-refractivity contribution in [3.8, 4) is 0 Å². The van der Waals surface area contributed by atoms with Crippen molar-refractivity contribution < 1.29 is 13.6 Å². The summed E-state index contributed by atoms with van der Waals surface area (Å²) in [6.07, 6.45) is 3.40. The van der Waals surface area contributed by atoms with Gasteiger partial charge in [-0.3, -0.25) is 14.7 Å². The molecule has 1 amide bonds. The third kappa shape index (κ3) is 6.12. The molecule has 1 N–H and O–H groups in total. The minimum Gasteiger partial charge on any atom is -0.455 e. The van der Waals surface area contributed by atoms with E-state index in [1.165, 1.54) is 12.1 Å². The minimum atomic E-state index is -0.270. The number of carbonyl (C=O) groups is 1. The lowest BCUT2D eigenvalue weighted by molar-refractivity contribution is 0.0918. The first-order chi connectivity index (χ1) is 15.7. The topological polar surface area (TPSA) is 58.4 Å². The maximum atomic E-state index is 13.3. The number of hydrogen-bond acceptors (Lipinski definition) is 4. The highest BCUT2D eigenvalue weighted by Crippen LogP contribution is 2.17. The molecule has 0 aliphatic rings. The van der Waals surface area contributed by atoms with Crippen molar-refractivity contribution in [2.24, 2.45) is 0 Å². The highest BCUT2D eigenvalue weighted by Gasteiger charge is 2.15. The Labute approximate surface area is 186 Å². The predicted molar refractivity (Wildman–Crippen MR) is 120 cm³/mol. The van der Waals surface area contributed by atoms with Gasteiger partial charge >= 0.3 is 0 Å². The van der Waals surface area contributed by atoms with Crippen LogP contribution in [-0.2, 0) is 26.2 Å². The minimum absolute atomic E-state index is 0.253. The number of benzene rings is 2. The molecule has 32 heavy (non-hydrogen) atoms. The summed E-state index contributed by atoms with van der Waals surface area (Å²) in [5, 5.41) is 2.85. The average molecular weight is 429 g/mol. The van der Waals surface area contributed by atoms with Gasteiger partial charge in [0, 0.05) is 32.0 Å². The fourth-order valence-corrected chi connectivity index (χ4v) is 3.43. The van der Waals surface area contributed by atoms with Crippen molar-refractivity contribution in [2.45, 2.75) is 26.2 Å². The van der Waals surface area contributed by atoms with Crippen molar-refractivity contribution >= 4 is 5.91 Å². The second-order valence-corrected chi connectivity index (χ2v) is 7.57. The summed E-state index contributed by atoms with van der Waals surface area (Å²) in [6.45, 7) is 2.22. The zero-order valence-corrected chi connectivity index (χ0v) is 17.6. The Morgan fingerprint density at radius 2 is 1.56 bits per heavy atom. The molecular weight excluding hydrogens is 405 g/mol. The number of nitrogens with zero attached hydrogens (tertiary/aromatic N) is 2. The quantitative estimate of drug-likeness (QED) is 0.409. The molecule has 6 heteroatoms. The van der Waals surface area contributed by atoms with E-state index in [9.17, 15) is 9.18 Å². The van der Waals surface area contributed by atoms with E-state index in [1.807, 2.05) is 36.4 Å². The van der Waals surface area contributed by atoms with Gasteiger partial charge in [0.2, 0.25) is 0 Å². The molecule has 5 nitrogen and oxygen atoms in total. The lowest BCUT2D eigenvalue weighted by Crippen LogP contribution is -2.23. The summed E-state index contributed by atoms with van der Waals surface area (Å²) >= 11 is 0. The van der Waals surface area contributed by atoms with E-state index < -0.39 is 0 Å². The number of nitrogens with one attached hydrogen (secondary N) is 1. The summed E-state index contributed by atoms with van der Waals surface area (Å²) in [6, 6.07) is 23.9. The molecule has 0 unspecified atom stereocenters. The van der Waals surface area contributed by atoms with Crippen molar-refractivity contribution in [3.63, 3.8) is 0 Å². The van der Waals surface area contributed by atoms with Gasteiger partial charge in [-0.25, -0.2) is 4.39 Å². The van der Waals surface area contributed by atoms with Gasteiger partial charge in [-0.2, -0.15) is 0 Å². The summed E-state index contributed by atoms with van der Waals surface area (Å²) in [7, 11) is 0. The zero-order valence-electron chi connectivity index (χ0n) is 17.6. The van der Waals surface area contributed by atoms with Crippen LogP contribution in [0.3, 0.4) is 0 Å². The maximum Gasteiger partial charge on any atom is 0.287 e. The van der Waals surface area contributed by atoms with Crippen LogP contribution >= 0.6 is 0 Å². The van der Waals surface area contributed by atoms with Crippen molar-refractivity contribution in [3.05, 3.63) is 125 Å². The predicted octanol–water partition coefficient (Wildman–Crippen LogP) is 4.95. The molecule has 0 spiro atoms. The first-order valence-electron chi connectivity index (χ1n) is 10.4. The molecule has 0 saturated heterocycles. The second kappa shape index (κ2) is 10.5. The van der Waals surface area contributed by atoms with E-state index in [0.29, 0.717) is 31.9 Å². The molecule has 2 heterocycles. The number of amides is 1. The summed E-state index contributed by atoms with van der Waals surface area (Å²) in [5.41, 5.74) is 3.08. The number of hydrogen-bond donors (Lipinski definition) is 1. The molecular formula is C26H24FN3O2. The third-order valence-electron chi connectivity index (χ3n) is 5.01. The first kappa shape index (κ1) is 21.5. The fourth-order valence-electron chi connectivity index (χ4n) is 3.43. The molecule has 0 saturated carbocycles. The van der Waals surface area contributed by atoms with E-state index in [2.05, 4.69) is 27.3 Å². The molecule has 0 radical (unpaired) electrons. The Morgan fingerprint density at radius 1 is 0.844 bits per heavy atom. The van der Waals surface area contributed by atoms with Gasteiger partial charge in [-0.1, -0.05) is 48.5 Å². The molecule has 2 aromatic heterocycles. The molecule has 0 bridgehead atoms. The van der Waals surface area contributed by atoms with Crippen molar-refractivity contribution in [2.75, 3.05) is 0 Å². The molecule has 0 fully saturated rings. The van der Waals surface area contributed by atoms with Crippen molar-refractivity contribution in [1.29, 1.82) is 0 Å². The van der Waals surface area contributed by atoms with Gasteiger partial charge in [-0.15, -0.1) is 0 Å². The van der Waals surface area contributed by atoms with Crippen LogP contribution in [0.4, 0.5) is 4.39 Å². The molecule has 0 aliphatic heterocycles. The van der Waals surface area contributed by atoms with Gasteiger partial charge in [-0.05, 0) is 47.0 Å². The van der Waals surface area contributed by atoms with E-state index in [0.717, 1.165) is 16.7 Å². The van der Waals surface area contributed by atoms with Crippen molar-refractivity contribution in [1.82, 2.24) is 15.2 Å². The Morgan fingerprint density at radius 3 is 2.28 bits per heavy atom. The third-order valence-corrected chi connectivity index (χ3v) is 5.01. The second-order valence-electron chi connectivity index (χ2n) is 7.57. The van der Waals surface area contributed by atoms with E-state index in [-0.39, 0.29) is 17.5 Å². The standard InChI is InChI=1S/C26H24FN3O2/c27-23-10-8-21(9-11-23)18-30(17-20-5-2-1-3-6-20)19-24-12-13-25(32-24)26(31)29-16-22-7-4-14-28-15-22/h1-15H,16-19H2,(H,29,31). The first-order valence-corrected chi connectivity index (χ1v) is 10.4. The van der Waals surface area contributed by atoms with Crippen LogP contribution in [0.1, 0.15) is 33.0 Å². The number of carbonyl (C=O) groups excluding carboxylic acids is 1. The molecule has 4 rings (SSSR count). The summed E-state index contributed by atoms with van der Waals surface area (Å²) in [4.78, 5) is 18.7. The normalized spacial score (nSPS) is 10.9. The molecule has 0 aliphatic carbocycles. The highest BCUT2D eigenvalue weighted by atomic mass is 19.1. The Balaban J connectivity index is 1.42. The van der Waals surface area contributed by atoms with Crippen LogP contribution < -0.4 is 5.32 Å². The van der Waals surface area contributed by atoms with Crippen LogP contribution in [0.15, 0.2) is 95.7 Å². The smallest absolute Gasteiger partial charge is 0.287 e. The highest BCUT2D eigenvalue weighted by molar-refractivity contribution is 5.91. The summed E-state index contributed by atoms with van der Waals surface area (Å²) in [5.74, 6) is 0.435. The Hall–Kier alpha value is -3.77. The van der Waals surface area contributed by atoms with Gasteiger partial charge in [0.1, 0.15) is 11.6 Å². The summed E-state index contributed by atoms with van der Waals surface area (Å²) < 4.78 is 19.1. The number of aromatic nitrogens is 1. The SMILES string of the molecule is O=C(NCc1cccnc1)c1ccc(CN(Cc2ccccc2)Cc2ccc(F)cc2)o1. The fraction of sp³-hybridized carbons (Fsp3) is 0.154. The largest absolute Gasteiger partial charge is 0.455 e. The number of rotatable bonds is 9. The number of furan rings is 1. The lowest BCUT2D eigenvalue weighted by atomic mass is 10.1. The van der Waals surface area contributed by atoms with Crippen LogP contribution in [0.2, 0.25) is 0 Å². The molecule has 4 aromatic rings. The van der Waals surface area contributed by atoms with Gasteiger partial charge < -0.3 is 9.73 Å². The van der Waals surface area contributed by atoms with Crippen LogP contribution in [0.5, 0.6) is 0 Å². The van der Waals surface area contributed by atoms with E-state index in [4.69, 9.17) is 4.42 Å². The van der Waals surface area contributed by atoms with Gasteiger partial charge in [0.25, 0.3) is 5.91 Å². The number of halogens is 1. The van der Waals surface area contributed by atoms with Crippen LogP contribution in [0, 0.1) is 5.82 Å². The van der Waals surface area contributed by atoms with Crippen LogP contribution in [0.25, 0.3) is 0 Å². The lowest BCUT2D eigenvalue weighted by Gasteiger charge is -2.21. The Kier molecular flexibility index (Phi) is 7.05. The van der Waals surface area contributed by atoms with Gasteiger partial charge in [0.05, 0.1) is 6.54 Å². The maximum absolute atomic E-state index is 13.3.